The largest absolute Gasteiger partial charge is 0.253 e. The fraction of sp³-hybridized carbons (Fsp3) is 0. The molecule has 0 radical (unpaired) electrons. The average molecular weight is 333 g/mol. The van der Waals surface area contributed by atoms with E-state index < -0.39 is 0 Å². The lowest BCUT2D eigenvalue weighted by Crippen LogP contribution is -1.97. The molecule has 0 bridgehead atoms. The Labute approximate surface area is 151 Å². The molecule has 5 aromatic rings. The minimum absolute atomic E-state index is 0.647. The van der Waals surface area contributed by atoms with Crippen molar-refractivity contribution in [3.63, 3.8) is 0 Å². The molecule has 0 aliphatic carbocycles. The number of benzene rings is 3. The van der Waals surface area contributed by atoms with Crippen LogP contribution in [0.2, 0.25) is 0 Å². The van der Waals surface area contributed by atoms with Crippen LogP contribution in [0.5, 0.6) is 0 Å². The van der Waals surface area contributed by atoms with Gasteiger partial charge < -0.3 is 0 Å². The summed E-state index contributed by atoms with van der Waals surface area (Å²) in [4.78, 5) is 14.2. The Morgan fingerprint density at radius 2 is 1.38 bits per heavy atom. The lowest BCUT2D eigenvalue weighted by molar-refractivity contribution is 1.18. The fourth-order valence-electron chi connectivity index (χ4n) is 3.29. The summed E-state index contributed by atoms with van der Waals surface area (Å²) in [6.07, 6.45) is 1.77. The first-order valence-corrected chi connectivity index (χ1v) is 8.56. The first-order chi connectivity index (χ1) is 12.9. The van der Waals surface area contributed by atoms with Crippen LogP contribution < -0.4 is 0 Å². The van der Waals surface area contributed by atoms with Crippen LogP contribution in [0.3, 0.4) is 0 Å². The molecule has 0 atom stereocenters. The quantitative estimate of drug-likeness (QED) is 0.400. The van der Waals surface area contributed by atoms with E-state index in [0.717, 1.165) is 33.2 Å². The molecule has 0 amide bonds. The molecule has 0 aliphatic heterocycles. The fourth-order valence-corrected chi connectivity index (χ4v) is 3.29. The zero-order valence-corrected chi connectivity index (χ0v) is 14.0. The third kappa shape index (κ3) is 2.42. The van der Waals surface area contributed by atoms with Crippen molar-refractivity contribution in [2.75, 3.05) is 0 Å². The van der Waals surface area contributed by atoms with E-state index in [1.54, 1.807) is 6.20 Å². The zero-order valence-electron chi connectivity index (χ0n) is 14.0. The van der Waals surface area contributed by atoms with Crippen molar-refractivity contribution in [1.29, 1.82) is 0 Å². The minimum Gasteiger partial charge on any atom is -0.253 e. The van der Waals surface area contributed by atoms with E-state index in [-0.39, 0.29) is 0 Å². The maximum atomic E-state index is 4.89. The van der Waals surface area contributed by atoms with Crippen LogP contribution in [0.1, 0.15) is 0 Å². The molecule has 3 heteroatoms. The van der Waals surface area contributed by atoms with Crippen LogP contribution in [0.4, 0.5) is 0 Å². The Balaban J connectivity index is 1.91. The van der Waals surface area contributed by atoms with Crippen LogP contribution in [-0.4, -0.2) is 15.0 Å². The highest BCUT2D eigenvalue weighted by molar-refractivity contribution is 6.09. The highest BCUT2D eigenvalue weighted by Gasteiger charge is 2.13. The summed E-state index contributed by atoms with van der Waals surface area (Å²) in [6, 6.07) is 28.6. The van der Waals surface area contributed by atoms with E-state index in [4.69, 9.17) is 9.97 Å². The number of pyridine rings is 1. The van der Waals surface area contributed by atoms with E-state index in [0.29, 0.717) is 5.82 Å². The van der Waals surface area contributed by atoms with Gasteiger partial charge in [-0.25, -0.2) is 9.97 Å². The van der Waals surface area contributed by atoms with Crippen molar-refractivity contribution in [1.82, 2.24) is 15.0 Å². The van der Waals surface area contributed by atoms with Crippen molar-refractivity contribution in [3.8, 4) is 22.8 Å². The molecule has 26 heavy (non-hydrogen) atoms. The molecule has 0 fully saturated rings. The Morgan fingerprint density at radius 3 is 2.23 bits per heavy atom. The van der Waals surface area contributed by atoms with E-state index in [9.17, 15) is 0 Å². The second kappa shape index (κ2) is 6.05. The van der Waals surface area contributed by atoms with Crippen LogP contribution in [-0.2, 0) is 0 Å². The maximum Gasteiger partial charge on any atom is 0.179 e. The van der Waals surface area contributed by atoms with E-state index >= 15 is 0 Å². The Kier molecular flexibility index (Phi) is 3.42. The number of hydrogen-bond acceptors (Lipinski definition) is 3. The number of rotatable bonds is 2. The molecular formula is C23H15N3. The first-order valence-electron chi connectivity index (χ1n) is 8.56. The van der Waals surface area contributed by atoms with Gasteiger partial charge in [0.25, 0.3) is 0 Å². The third-order valence-electron chi connectivity index (χ3n) is 4.53. The molecule has 0 spiro atoms. The maximum absolute atomic E-state index is 4.89. The minimum atomic E-state index is 0.647. The summed E-state index contributed by atoms with van der Waals surface area (Å²) < 4.78 is 0. The summed E-state index contributed by atoms with van der Waals surface area (Å²) in [5.74, 6) is 0.647. The molecule has 2 aromatic heterocycles. The summed E-state index contributed by atoms with van der Waals surface area (Å²) in [5.41, 5.74) is 3.74. The van der Waals surface area contributed by atoms with Crippen molar-refractivity contribution in [2.24, 2.45) is 0 Å². The van der Waals surface area contributed by atoms with Gasteiger partial charge in [-0.3, -0.25) is 4.98 Å². The van der Waals surface area contributed by atoms with Crippen molar-refractivity contribution < 1.29 is 0 Å². The van der Waals surface area contributed by atoms with Gasteiger partial charge in [0.1, 0.15) is 5.69 Å². The number of nitrogens with zero attached hydrogens (tertiary/aromatic N) is 3. The lowest BCUT2D eigenvalue weighted by atomic mass is 10.0. The van der Waals surface area contributed by atoms with Gasteiger partial charge in [0.05, 0.1) is 11.2 Å². The molecule has 0 unspecified atom stereocenters. The van der Waals surface area contributed by atoms with Crippen molar-refractivity contribution >= 4 is 21.7 Å². The molecule has 0 saturated carbocycles. The Bertz CT molecular complexity index is 1220. The van der Waals surface area contributed by atoms with Crippen molar-refractivity contribution in [2.45, 2.75) is 0 Å². The van der Waals surface area contributed by atoms with Crippen LogP contribution in [0.25, 0.3) is 44.5 Å². The number of fused-ring (bicyclic) bond motifs is 3. The molecule has 0 aliphatic rings. The smallest absolute Gasteiger partial charge is 0.179 e. The lowest BCUT2D eigenvalue weighted by Gasteiger charge is -2.11. The van der Waals surface area contributed by atoms with Gasteiger partial charge in [0.2, 0.25) is 0 Å². The molecule has 3 nitrogen and oxygen atoms in total. The van der Waals surface area contributed by atoms with Gasteiger partial charge in [-0.15, -0.1) is 0 Å². The predicted molar refractivity (Wildman–Crippen MR) is 106 cm³/mol. The van der Waals surface area contributed by atoms with Gasteiger partial charge in [-0.2, -0.15) is 0 Å². The normalized spacial score (nSPS) is 11.1. The molecule has 2 heterocycles. The predicted octanol–water partition coefficient (Wildman–Crippen LogP) is 5.51. The zero-order chi connectivity index (χ0) is 17.3. The summed E-state index contributed by atoms with van der Waals surface area (Å²) in [5, 5.41) is 3.35. The van der Waals surface area contributed by atoms with E-state index in [2.05, 4.69) is 41.4 Å². The standard InChI is InChI=1S/C23H15N3/c1-2-9-17(10-3-1)21-19-14-13-16-8-4-5-11-18(16)22(19)26-23(25-21)20-12-6-7-15-24-20/h1-15H. The summed E-state index contributed by atoms with van der Waals surface area (Å²) >= 11 is 0. The van der Waals surface area contributed by atoms with E-state index in [1.807, 2.05) is 48.5 Å². The van der Waals surface area contributed by atoms with Crippen LogP contribution in [0, 0.1) is 0 Å². The van der Waals surface area contributed by atoms with Gasteiger partial charge in [-0.05, 0) is 23.6 Å². The Morgan fingerprint density at radius 1 is 0.577 bits per heavy atom. The average Bonchev–Trinajstić information content (AvgIpc) is 2.74. The van der Waals surface area contributed by atoms with Crippen LogP contribution >= 0.6 is 0 Å². The monoisotopic (exact) mass is 333 g/mol. The molecule has 0 saturated heterocycles. The number of aromatic nitrogens is 3. The summed E-state index contributed by atoms with van der Waals surface area (Å²) in [7, 11) is 0. The SMILES string of the molecule is c1ccc(-c2nc(-c3ccccn3)nc3c2ccc2ccccc23)cc1. The van der Waals surface area contributed by atoms with Gasteiger partial charge in [0, 0.05) is 22.5 Å². The summed E-state index contributed by atoms with van der Waals surface area (Å²) in [6.45, 7) is 0. The molecule has 0 N–H and O–H groups in total. The second-order valence-corrected chi connectivity index (χ2v) is 6.16. The van der Waals surface area contributed by atoms with Gasteiger partial charge in [0.15, 0.2) is 5.82 Å². The highest BCUT2D eigenvalue weighted by Crippen LogP contribution is 2.32. The molecule has 5 rings (SSSR count). The Hall–Kier alpha value is -3.59. The molecule has 122 valence electrons. The van der Waals surface area contributed by atoms with Crippen LogP contribution in [0.15, 0.2) is 91.1 Å². The molecule has 3 aromatic carbocycles. The first kappa shape index (κ1) is 14.7. The van der Waals surface area contributed by atoms with E-state index in [1.165, 1.54) is 5.39 Å². The third-order valence-corrected chi connectivity index (χ3v) is 4.53. The van der Waals surface area contributed by atoms with Gasteiger partial charge >= 0.3 is 0 Å². The number of hydrogen-bond donors (Lipinski definition) is 0. The second-order valence-electron chi connectivity index (χ2n) is 6.16. The molecular weight excluding hydrogens is 318 g/mol. The van der Waals surface area contributed by atoms with Crippen molar-refractivity contribution in [3.05, 3.63) is 91.1 Å². The van der Waals surface area contributed by atoms with Gasteiger partial charge in [-0.1, -0.05) is 66.7 Å². The topological polar surface area (TPSA) is 38.7 Å². The highest BCUT2D eigenvalue weighted by atomic mass is 14.9.